The van der Waals surface area contributed by atoms with Crippen molar-refractivity contribution in [1.29, 1.82) is 0 Å². The molecule has 0 bridgehead atoms. The molecule has 5 rings (SSSR count). The van der Waals surface area contributed by atoms with E-state index in [1.807, 2.05) is 121 Å². The van der Waals surface area contributed by atoms with Crippen molar-refractivity contribution in [2.45, 2.75) is 30.9 Å². The van der Waals surface area contributed by atoms with Crippen molar-refractivity contribution in [2.75, 3.05) is 26.9 Å². The van der Waals surface area contributed by atoms with E-state index in [4.69, 9.17) is 24.3 Å². The van der Waals surface area contributed by atoms with Gasteiger partial charge in [0, 0.05) is 31.6 Å². The van der Waals surface area contributed by atoms with Gasteiger partial charge in [-0.05, 0) is 53.4 Å². The van der Waals surface area contributed by atoms with Crippen LogP contribution in [0, 0.1) is 0 Å². The lowest BCUT2D eigenvalue weighted by Crippen LogP contribution is -2.48. The van der Waals surface area contributed by atoms with E-state index in [1.165, 1.54) is 0 Å². The number of hydrogen-bond acceptors (Lipinski definition) is 6. The van der Waals surface area contributed by atoms with Crippen molar-refractivity contribution < 1.29 is 24.1 Å². The number of aliphatic hydroxyl groups is 1. The van der Waals surface area contributed by atoms with Gasteiger partial charge in [0.05, 0.1) is 13.7 Å². The molecule has 2 N–H and O–H groups in total. The number of carbonyl (C=O) groups excluding carboxylic acids is 1. The molecule has 0 saturated carbocycles. The van der Waals surface area contributed by atoms with E-state index in [1.54, 1.807) is 7.11 Å². The molecule has 7 nitrogen and oxygen atoms in total. The summed E-state index contributed by atoms with van der Waals surface area (Å²) in [5.74, 6) is 1.66. The van der Waals surface area contributed by atoms with Crippen LogP contribution in [-0.4, -0.2) is 49.3 Å². The first-order valence-electron chi connectivity index (χ1n) is 14.9. The third-order valence-electron chi connectivity index (χ3n) is 7.54. The molecule has 0 aromatic heterocycles. The summed E-state index contributed by atoms with van der Waals surface area (Å²) in [7, 11) is 1.65. The van der Waals surface area contributed by atoms with E-state index < -0.39 is 11.6 Å². The first kappa shape index (κ1) is 30.6. The first-order valence-corrected chi connectivity index (χ1v) is 14.9. The van der Waals surface area contributed by atoms with Crippen LogP contribution in [0.3, 0.4) is 0 Å². The largest absolute Gasteiger partial charge is 0.496 e. The van der Waals surface area contributed by atoms with Gasteiger partial charge < -0.3 is 24.6 Å². The predicted molar refractivity (Wildman–Crippen MR) is 173 cm³/mol. The van der Waals surface area contributed by atoms with Gasteiger partial charge in [0.2, 0.25) is 5.90 Å². The maximum Gasteiger partial charge on any atom is 0.252 e. The molecule has 1 aliphatic rings. The zero-order chi connectivity index (χ0) is 30.6. The van der Waals surface area contributed by atoms with Gasteiger partial charge >= 0.3 is 0 Å². The molecule has 0 saturated heterocycles. The van der Waals surface area contributed by atoms with Gasteiger partial charge in [0.15, 0.2) is 11.6 Å². The minimum atomic E-state index is -1.25. The highest BCUT2D eigenvalue weighted by atomic mass is 16.5. The van der Waals surface area contributed by atoms with Crippen LogP contribution in [0.2, 0.25) is 0 Å². The average Bonchev–Trinajstić information content (AvgIpc) is 3.47. The summed E-state index contributed by atoms with van der Waals surface area (Å²) in [4.78, 5) is 19.4. The number of carbonyl (C=O) groups is 1. The van der Waals surface area contributed by atoms with E-state index in [9.17, 15) is 4.79 Å². The Morgan fingerprint density at radius 3 is 2.39 bits per heavy atom. The van der Waals surface area contributed by atoms with Gasteiger partial charge in [0.1, 0.15) is 11.5 Å². The zero-order valence-electron chi connectivity index (χ0n) is 24.9. The average molecular weight is 591 g/mol. The fourth-order valence-corrected chi connectivity index (χ4v) is 5.26. The molecule has 2 atom stereocenters. The lowest BCUT2D eigenvalue weighted by Gasteiger charge is -2.30. The van der Waals surface area contributed by atoms with Gasteiger partial charge in [-0.25, -0.2) is 4.99 Å². The Kier molecular flexibility index (Phi) is 10.4. The van der Waals surface area contributed by atoms with Crippen LogP contribution in [0.5, 0.6) is 11.5 Å². The molecule has 4 aromatic rings. The number of benzene rings is 4. The number of methoxy groups -OCH3 is 1. The standard InChI is InChI=1S/C37H38N2O5/c1-42-33-18-9-8-15-29(33)23-25-38-36(41)37(24-10-14-28-12-4-2-5-13-28)34(30-16-6-3-7-17-30)44-35(39-37)31-19-21-32(22-20-31)43-27-11-26-40/h2-10,12-22,34,40H,11,23-27H2,1H3,(H,38,41)/b14-10+/t34-,37-/m1/s1. The summed E-state index contributed by atoms with van der Waals surface area (Å²) in [6.07, 6.45) is 4.86. The number of aliphatic imine (C=N–C) groups is 1. The van der Waals surface area contributed by atoms with Gasteiger partial charge in [-0.2, -0.15) is 0 Å². The van der Waals surface area contributed by atoms with Crippen molar-refractivity contribution in [1.82, 2.24) is 5.32 Å². The second-order valence-corrected chi connectivity index (χ2v) is 10.5. The lowest BCUT2D eigenvalue weighted by molar-refractivity contribution is -0.128. The maximum absolute atomic E-state index is 14.3. The molecule has 44 heavy (non-hydrogen) atoms. The fraction of sp³-hybridized carbons (Fsp3) is 0.243. The van der Waals surface area contributed by atoms with Gasteiger partial charge in [0.25, 0.3) is 5.91 Å². The molecule has 1 heterocycles. The molecule has 0 fully saturated rings. The van der Waals surface area contributed by atoms with Gasteiger partial charge in [-0.1, -0.05) is 91.0 Å². The van der Waals surface area contributed by atoms with Crippen LogP contribution in [0.1, 0.15) is 41.2 Å². The summed E-state index contributed by atoms with van der Waals surface area (Å²) in [5, 5.41) is 12.2. The number of rotatable bonds is 14. The summed E-state index contributed by atoms with van der Waals surface area (Å²) in [6, 6.07) is 35.0. The monoisotopic (exact) mass is 590 g/mol. The fourth-order valence-electron chi connectivity index (χ4n) is 5.26. The molecular formula is C37H38N2O5. The number of aliphatic hydroxyl groups excluding tert-OH is 1. The van der Waals surface area contributed by atoms with Crippen molar-refractivity contribution in [3.63, 3.8) is 0 Å². The number of ether oxygens (including phenoxy) is 3. The topological polar surface area (TPSA) is 89.4 Å². The molecule has 0 radical (unpaired) electrons. The molecule has 1 aliphatic heterocycles. The van der Waals surface area contributed by atoms with E-state index >= 15 is 0 Å². The SMILES string of the molecule is COc1ccccc1CCNC(=O)[C@]1(C/C=C/c2ccccc2)N=C(c2ccc(OCCCO)cc2)O[C@@H]1c1ccccc1. The number of para-hydroxylation sites is 1. The highest BCUT2D eigenvalue weighted by Gasteiger charge is 2.52. The molecule has 0 unspecified atom stereocenters. The first-order chi connectivity index (χ1) is 21.6. The lowest BCUT2D eigenvalue weighted by atomic mass is 9.84. The summed E-state index contributed by atoms with van der Waals surface area (Å²) >= 11 is 0. The van der Waals surface area contributed by atoms with Crippen LogP contribution in [0.25, 0.3) is 6.08 Å². The van der Waals surface area contributed by atoms with Crippen molar-refractivity contribution in [3.05, 3.63) is 138 Å². The highest BCUT2D eigenvalue weighted by Crippen LogP contribution is 2.43. The zero-order valence-corrected chi connectivity index (χ0v) is 24.9. The Hall–Kier alpha value is -4.88. The van der Waals surface area contributed by atoms with Crippen LogP contribution in [0.4, 0.5) is 0 Å². The molecule has 1 amide bonds. The summed E-state index contributed by atoms with van der Waals surface area (Å²) in [5.41, 5.74) is 2.41. The summed E-state index contributed by atoms with van der Waals surface area (Å²) < 4.78 is 17.8. The molecule has 0 spiro atoms. The Balaban J connectivity index is 1.47. The number of nitrogens with zero attached hydrogens (tertiary/aromatic N) is 1. The normalized spacial score (nSPS) is 17.6. The maximum atomic E-state index is 14.3. The Bertz CT molecular complexity index is 1550. The third kappa shape index (κ3) is 7.36. The minimum Gasteiger partial charge on any atom is -0.496 e. The Morgan fingerprint density at radius 1 is 0.955 bits per heavy atom. The van der Waals surface area contributed by atoms with Crippen LogP contribution >= 0.6 is 0 Å². The van der Waals surface area contributed by atoms with Gasteiger partial charge in [-0.15, -0.1) is 0 Å². The smallest absolute Gasteiger partial charge is 0.252 e. The van der Waals surface area contributed by atoms with Crippen LogP contribution in [-0.2, 0) is 16.0 Å². The van der Waals surface area contributed by atoms with Crippen molar-refractivity contribution >= 4 is 17.9 Å². The highest BCUT2D eigenvalue weighted by molar-refractivity contribution is 6.01. The van der Waals surface area contributed by atoms with Gasteiger partial charge in [-0.3, -0.25) is 4.79 Å². The number of nitrogens with one attached hydrogen (secondary N) is 1. The second-order valence-electron chi connectivity index (χ2n) is 10.5. The minimum absolute atomic E-state index is 0.0748. The third-order valence-corrected chi connectivity index (χ3v) is 7.54. The molecule has 7 heteroatoms. The van der Waals surface area contributed by atoms with Crippen LogP contribution in [0.15, 0.2) is 120 Å². The summed E-state index contributed by atoms with van der Waals surface area (Å²) in [6.45, 7) is 0.913. The molecular weight excluding hydrogens is 552 g/mol. The number of amides is 1. The van der Waals surface area contributed by atoms with Crippen LogP contribution < -0.4 is 14.8 Å². The second kappa shape index (κ2) is 15.0. The molecule has 4 aromatic carbocycles. The Labute approximate surface area is 258 Å². The van der Waals surface area contributed by atoms with Crippen molar-refractivity contribution in [3.8, 4) is 11.5 Å². The molecule has 0 aliphatic carbocycles. The van der Waals surface area contributed by atoms with E-state index in [0.717, 1.165) is 28.0 Å². The predicted octanol–water partition coefficient (Wildman–Crippen LogP) is 6.18. The van der Waals surface area contributed by atoms with E-state index in [2.05, 4.69) is 5.32 Å². The Morgan fingerprint density at radius 2 is 1.66 bits per heavy atom. The van der Waals surface area contributed by atoms with E-state index in [0.29, 0.717) is 44.1 Å². The van der Waals surface area contributed by atoms with Crippen molar-refractivity contribution in [2.24, 2.45) is 4.99 Å². The molecule has 226 valence electrons. The van der Waals surface area contributed by atoms with E-state index in [-0.39, 0.29) is 12.5 Å². The number of hydrogen-bond donors (Lipinski definition) is 2. The quantitative estimate of drug-likeness (QED) is 0.171.